The molecule has 0 radical (unpaired) electrons. The molecule has 1 unspecified atom stereocenters. The van der Waals surface area contributed by atoms with Gasteiger partial charge >= 0.3 is 0 Å². The van der Waals surface area contributed by atoms with Crippen molar-refractivity contribution in [3.8, 4) is 0 Å². The van der Waals surface area contributed by atoms with Crippen molar-refractivity contribution in [1.82, 2.24) is 4.90 Å². The standard InChI is InChI=1S/C15H22N2O3/c1-3-16-14-5-4-11(2)8-13(14)15(19)17-6-7-20-12(9-17)10-18/h4-5,8,12,16,18H,3,6-7,9-10H2,1-2H3. The highest BCUT2D eigenvalue weighted by molar-refractivity contribution is 6.00. The van der Waals surface area contributed by atoms with Gasteiger partial charge in [0.15, 0.2) is 0 Å². The third kappa shape index (κ3) is 3.29. The van der Waals surface area contributed by atoms with Gasteiger partial charge in [-0.05, 0) is 26.0 Å². The minimum Gasteiger partial charge on any atom is -0.394 e. The number of benzene rings is 1. The molecule has 5 heteroatoms. The number of hydrogen-bond acceptors (Lipinski definition) is 4. The van der Waals surface area contributed by atoms with Crippen molar-refractivity contribution in [1.29, 1.82) is 0 Å². The zero-order valence-corrected chi connectivity index (χ0v) is 12.1. The topological polar surface area (TPSA) is 61.8 Å². The first-order valence-corrected chi connectivity index (χ1v) is 7.02. The maximum absolute atomic E-state index is 12.7. The third-order valence-electron chi connectivity index (χ3n) is 3.40. The van der Waals surface area contributed by atoms with Gasteiger partial charge < -0.3 is 20.1 Å². The van der Waals surface area contributed by atoms with Crippen LogP contribution in [0.15, 0.2) is 18.2 Å². The molecule has 110 valence electrons. The Morgan fingerprint density at radius 1 is 1.55 bits per heavy atom. The van der Waals surface area contributed by atoms with Gasteiger partial charge in [0.05, 0.1) is 24.9 Å². The minimum absolute atomic E-state index is 0.00796. The Hall–Kier alpha value is -1.59. The van der Waals surface area contributed by atoms with Crippen LogP contribution in [0.5, 0.6) is 0 Å². The van der Waals surface area contributed by atoms with Crippen LogP contribution in [0.25, 0.3) is 0 Å². The quantitative estimate of drug-likeness (QED) is 0.870. The summed E-state index contributed by atoms with van der Waals surface area (Å²) in [7, 11) is 0. The molecule has 0 aromatic heterocycles. The molecule has 5 nitrogen and oxygen atoms in total. The van der Waals surface area contributed by atoms with Gasteiger partial charge in [0.2, 0.25) is 0 Å². The Kier molecular flexibility index (Phi) is 4.98. The number of rotatable bonds is 4. The maximum atomic E-state index is 12.7. The van der Waals surface area contributed by atoms with E-state index in [2.05, 4.69) is 5.32 Å². The first kappa shape index (κ1) is 14.8. The fraction of sp³-hybridized carbons (Fsp3) is 0.533. The maximum Gasteiger partial charge on any atom is 0.256 e. The van der Waals surface area contributed by atoms with Crippen LogP contribution in [0.2, 0.25) is 0 Å². The third-order valence-corrected chi connectivity index (χ3v) is 3.40. The summed E-state index contributed by atoms with van der Waals surface area (Å²) in [6.45, 7) is 6.17. The van der Waals surface area contributed by atoms with Gasteiger partial charge in [-0.25, -0.2) is 0 Å². The number of aryl methyl sites for hydroxylation is 1. The molecule has 1 aliphatic heterocycles. The molecule has 0 bridgehead atoms. The molecular formula is C15H22N2O3. The van der Waals surface area contributed by atoms with Crippen LogP contribution >= 0.6 is 0 Å². The Labute approximate surface area is 119 Å². The van der Waals surface area contributed by atoms with E-state index in [0.717, 1.165) is 17.8 Å². The first-order valence-electron chi connectivity index (χ1n) is 7.02. The molecule has 1 amide bonds. The Morgan fingerprint density at radius 3 is 3.05 bits per heavy atom. The van der Waals surface area contributed by atoms with Crippen LogP contribution in [0, 0.1) is 6.92 Å². The van der Waals surface area contributed by atoms with Crippen molar-refractivity contribution >= 4 is 11.6 Å². The molecule has 1 aromatic rings. The number of aliphatic hydroxyl groups is 1. The van der Waals surface area contributed by atoms with Crippen molar-refractivity contribution < 1.29 is 14.6 Å². The van der Waals surface area contributed by atoms with Gasteiger partial charge in [-0.3, -0.25) is 4.79 Å². The second-order valence-corrected chi connectivity index (χ2v) is 5.01. The van der Waals surface area contributed by atoms with E-state index in [4.69, 9.17) is 9.84 Å². The summed E-state index contributed by atoms with van der Waals surface area (Å²) >= 11 is 0. The van der Waals surface area contributed by atoms with Crippen LogP contribution < -0.4 is 5.32 Å². The molecule has 1 fully saturated rings. The smallest absolute Gasteiger partial charge is 0.256 e. The van der Waals surface area contributed by atoms with Crippen LogP contribution in [-0.2, 0) is 4.74 Å². The normalized spacial score (nSPS) is 18.9. The number of anilines is 1. The summed E-state index contributed by atoms with van der Waals surface area (Å²) in [6, 6.07) is 5.84. The van der Waals surface area contributed by atoms with E-state index in [0.29, 0.717) is 25.3 Å². The van der Waals surface area contributed by atoms with Crippen molar-refractivity contribution in [3.63, 3.8) is 0 Å². The largest absolute Gasteiger partial charge is 0.394 e. The minimum atomic E-state index is -0.278. The van der Waals surface area contributed by atoms with E-state index in [1.807, 2.05) is 32.0 Å². The number of aliphatic hydroxyl groups excluding tert-OH is 1. The Bertz CT molecular complexity index is 476. The van der Waals surface area contributed by atoms with Gasteiger partial charge in [0, 0.05) is 25.3 Å². The van der Waals surface area contributed by atoms with E-state index in [-0.39, 0.29) is 18.6 Å². The molecule has 0 aliphatic carbocycles. The number of ether oxygens (including phenoxy) is 1. The molecule has 1 saturated heterocycles. The van der Waals surface area contributed by atoms with E-state index < -0.39 is 0 Å². The Balaban J connectivity index is 2.21. The lowest BCUT2D eigenvalue weighted by molar-refractivity contribution is -0.0447. The lowest BCUT2D eigenvalue weighted by Crippen LogP contribution is -2.47. The van der Waals surface area contributed by atoms with Crippen LogP contribution in [0.3, 0.4) is 0 Å². The van der Waals surface area contributed by atoms with E-state index in [9.17, 15) is 4.79 Å². The highest BCUT2D eigenvalue weighted by Crippen LogP contribution is 2.20. The molecule has 1 aliphatic rings. The average Bonchev–Trinajstić information content (AvgIpc) is 2.48. The second kappa shape index (κ2) is 6.72. The van der Waals surface area contributed by atoms with Gasteiger partial charge in [0.1, 0.15) is 0 Å². The zero-order valence-electron chi connectivity index (χ0n) is 12.1. The summed E-state index contributed by atoms with van der Waals surface area (Å²) < 4.78 is 5.39. The monoisotopic (exact) mass is 278 g/mol. The highest BCUT2D eigenvalue weighted by Gasteiger charge is 2.25. The van der Waals surface area contributed by atoms with Crippen molar-refractivity contribution in [3.05, 3.63) is 29.3 Å². The fourth-order valence-corrected chi connectivity index (χ4v) is 2.36. The Morgan fingerprint density at radius 2 is 2.35 bits per heavy atom. The summed E-state index contributed by atoms with van der Waals surface area (Å²) in [5.74, 6) is -0.00796. The molecule has 0 saturated carbocycles. The lowest BCUT2D eigenvalue weighted by Gasteiger charge is -2.32. The molecule has 1 aromatic carbocycles. The number of nitrogens with zero attached hydrogens (tertiary/aromatic N) is 1. The van der Waals surface area contributed by atoms with E-state index in [1.165, 1.54) is 0 Å². The summed E-state index contributed by atoms with van der Waals surface area (Å²) in [5.41, 5.74) is 2.60. The molecule has 0 spiro atoms. The van der Waals surface area contributed by atoms with Gasteiger partial charge in [-0.2, -0.15) is 0 Å². The van der Waals surface area contributed by atoms with Gasteiger partial charge in [-0.1, -0.05) is 11.6 Å². The van der Waals surface area contributed by atoms with Crippen molar-refractivity contribution in [2.45, 2.75) is 20.0 Å². The predicted molar refractivity (Wildman–Crippen MR) is 78.1 cm³/mol. The van der Waals surface area contributed by atoms with Crippen molar-refractivity contribution in [2.24, 2.45) is 0 Å². The fourth-order valence-electron chi connectivity index (χ4n) is 2.36. The van der Waals surface area contributed by atoms with Gasteiger partial charge in [0.25, 0.3) is 5.91 Å². The number of carbonyl (C=O) groups excluding carboxylic acids is 1. The number of carbonyl (C=O) groups is 1. The second-order valence-electron chi connectivity index (χ2n) is 5.01. The number of morpholine rings is 1. The summed E-state index contributed by atoms with van der Waals surface area (Å²) in [5, 5.41) is 12.4. The molecule has 2 rings (SSSR count). The number of hydrogen-bond donors (Lipinski definition) is 2. The number of nitrogens with one attached hydrogen (secondary N) is 1. The SMILES string of the molecule is CCNc1ccc(C)cc1C(=O)N1CCOC(CO)C1. The zero-order chi connectivity index (χ0) is 14.5. The van der Waals surface area contributed by atoms with Crippen molar-refractivity contribution in [2.75, 3.05) is 38.2 Å². The van der Waals surface area contributed by atoms with Crippen LogP contribution in [0.1, 0.15) is 22.8 Å². The predicted octanol–water partition coefficient (Wildman–Crippen LogP) is 1.26. The molecule has 1 heterocycles. The molecule has 2 N–H and O–H groups in total. The first-order chi connectivity index (χ1) is 9.65. The van der Waals surface area contributed by atoms with E-state index in [1.54, 1.807) is 4.90 Å². The lowest BCUT2D eigenvalue weighted by atomic mass is 10.1. The molecular weight excluding hydrogens is 256 g/mol. The summed E-state index contributed by atoms with van der Waals surface area (Å²) in [4.78, 5) is 14.4. The highest BCUT2D eigenvalue weighted by atomic mass is 16.5. The number of amides is 1. The van der Waals surface area contributed by atoms with Crippen LogP contribution in [-0.4, -0.2) is 54.9 Å². The van der Waals surface area contributed by atoms with Gasteiger partial charge in [-0.15, -0.1) is 0 Å². The average molecular weight is 278 g/mol. The summed E-state index contributed by atoms with van der Waals surface area (Å²) in [6.07, 6.45) is -0.278. The van der Waals surface area contributed by atoms with E-state index >= 15 is 0 Å². The van der Waals surface area contributed by atoms with Crippen LogP contribution in [0.4, 0.5) is 5.69 Å². The molecule has 20 heavy (non-hydrogen) atoms. The molecule has 1 atom stereocenters.